The van der Waals surface area contributed by atoms with Crippen molar-refractivity contribution in [1.29, 1.82) is 0 Å². The molecule has 1 saturated carbocycles. The standard InChI is InChI=1S/C26H41ClN4O5/c1-17-9-10-20(27)14-21(17)24(36-13-11-29-26(34)35)19-8-5-12-31(16-19)25(33)30-22(15-28-2)23(32)18-6-3-4-7-18/h9-10,14,18-19,22-24,28-29,32H,3-8,11-13,15-16H2,1-2H3,(H,30,33)(H,34,35). The largest absolute Gasteiger partial charge is 0.465 e. The van der Waals surface area contributed by atoms with Crippen molar-refractivity contribution in [2.45, 2.75) is 63.7 Å². The van der Waals surface area contributed by atoms with Gasteiger partial charge in [0.15, 0.2) is 0 Å². The SMILES string of the molecule is CNCC(NC(=O)N1CCCC(C(OCCNC(=O)O)c2cc(Cl)ccc2C)C1)C(O)C1CCCC1. The van der Waals surface area contributed by atoms with Crippen LogP contribution in [0.4, 0.5) is 9.59 Å². The number of ether oxygens (including phenoxy) is 1. The molecule has 0 aromatic heterocycles. The number of carbonyl (C=O) groups excluding carboxylic acids is 1. The zero-order valence-electron chi connectivity index (χ0n) is 21.3. The van der Waals surface area contributed by atoms with Crippen LogP contribution in [0, 0.1) is 18.8 Å². The first-order valence-electron chi connectivity index (χ1n) is 13.0. The van der Waals surface area contributed by atoms with Gasteiger partial charge in [0.2, 0.25) is 0 Å². The van der Waals surface area contributed by atoms with Crippen molar-refractivity contribution in [3.05, 3.63) is 34.3 Å². The van der Waals surface area contributed by atoms with Gasteiger partial charge in [-0.2, -0.15) is 0 Å². The molecule has 4 atom stereocenters. The first-order chi connectivity index (χ1) is 17.3. The van der Waals surface area contributed by atoms with Crippen LogP contribution in [-0.4, -0.2) is 79.2 Å². The molecule has 1 aromatic carbocycles. The molecule has 1 saturated heterocycles. The Hall–Kier alpha value is -2.07. The van der Waals surface area contributed by atoms with Crippen LogP contribution in [0.25, 0.3) is 0 Å². The van der Waals surface area contributed by atoms with Crippen molar-refractivity contribution in [3.8, 4) is 0 Å². The molecule has 10 heteroatoms. The minimum atomic E-state index is -1.09. The predicted molar refractivity (Wildman–Crippen MR) is 139 cm³/mol. The van der Waals surface area contributed by atoms with E-state index in [9.17, 15) is 14.7 Å². The molecule has 36 heavy (non-hydrogen) atoms. The van der Waals surface area contributed by atoms with Gasteiger partial charge in [0.05, 0.1) is 24.9 Å². The lowest BCUT2D eigenvalue weighted by Crippen LogP contribution is -2.56. The number of carboxylic acid groups (broad SMARTS) is 1. The second kappa shape index (κ2) is 14.0. The molecule has 4 unspecified atom stereocenters. The number of amides is 3. The number of rotatable bonds is 11. The fourth-order valence-corrected chi connectivity index (χ4v) is 5.72. The number of likely N-dealkylation sites (N-methyl/N-ethyl adjacent to an activating group) is 1. The van der Waals surface area contributed by atoms with Gasteiger partial charge >= 0.3 is 12.1 Å². The Morgan fingerprint density at radius 3 is 2.61 bits per heavy atom. The van der Waals surface area contributed by atoms with Gasteiger partial charge in [-0.1, -0.05) is 30.5 Å². The Kier molecular flexibility index (Phi) is 11.1. The molecule has 0 bridgehead atoms. The highest BCUT2D eigenvalue weighted by Crippen LogP contribution is 2.36. The van der Waals surface area contributed by atoms with Crippen LogP contribution >= 0.6 is 11.6 Å². The van der Waals surface area contributed by atoms with Gasteiger partial charge < -0.3 is 35.8 Å². The summed E-state index contributed by atoms with van der Waals surface area (Å²) in [6, 6.07) is 5.15. The number of aryl methyl sites for hydroxylation is 1. The van der Waals surface area contributed by atoms with Crippen LogP contribution in [0.3, 0.4) is 0 Å². The molecule has 9 nitrogen and oxygen atoms in total. The molecule has 3 rings (SSSR count). The normalized spacial score (nSPS) is 21.1. The lowest BCUT2D eigenvalue weighted by Gasteiger charge is -2.38. The highest BCUT2D eigenvalue weighted by molar-refractivity contribution is 6.30. The number of aliphatic hydroxyl groups excluding tert-OH is 1. The topological polar surface area (TPSA) is 123 Å². The number of hydrogen-bond donors (Lipinski definition) is 5. The molecule has 5 N–H and O–H groups in total. The fraction of sp³-hybridized carbons (Fsp3) is 0.692. The van der Waals surface area contributed by atoms with Crippen molar-refractivity contribution in [3.63, 3.8) is 0 Å². The molecule has 0 radical (unpaired) electrons. The molecule has 202 valence electrons. The van der Waals surface area contributed by atoms with E-state index in [2.05, 4.69) is 16.0 Å². The molecular formula is C26H41ClN4O5. The maximum absolute atomic E-state index is 13.3. The van der Waals surface area contributed by atoms with Crippen molar-refractivity contribution in [2.75, 3.05) is 39.8 Å². The molecule has 0 spiro atoms. The van der Waals surface area contributed by atoms with E-state index in [4.69, 9.17) is 21.4 Å². The third-order valence-corrected chi connectivity index (χ3v) is 7.66. The number of benzene rings is 1. The summed E-state index contributed by atoms with van der Waals surface area (Å²) in [5.74, 6) is 0.245. The molecule has 2 aliphatic rings. The number of nitrogens with one attached hydrogen (secondary N) is 3. The average Bonchev–Trinajstić information content (AvgIpc) is 3.40. The minimum Gasteiger partial charge on any atom is -0.465 e. The van der Waals surface area contributed by atoms with E-state index in [1.165, 1.54) is 0 Å². The summed E-state index contributed by atoms with van der Waals surface area (Å²) in [6.45, 7) is 4.02. The Morgan fingerprint density at radius 1 is 1.19 bits per heavy atom. The molecular weight excluding hydrogens is 484 g/mol. The highest BCUT2D eigenvalue weighted by Gasteiger charge is 2.35. The van der Waals surface area contributed by atoms with Crippen molar-refractivity contribution < 1.29 is 24.5 Å². The van der Waals surface area contributed by atoms with E-state index in [0.717, 1.165) is 49.7 Å². The second-order valence-corrected chi connectivity index (χ2v) is 10.5. The molecule has 1 aliphatic carbocycles. The van der Waals surface area contributed by atoms with Gasteiger partial charge in [-0.25, -0.2) is 9.59 Å². The van der Waals surface area contributed by atoms with Gasteiger partial charge in [-0.05, 0) is 68.8 Å². The minimum absolute atomic E-state index is 0.0222. The third kappa shape index (κ3) is 7.96. The van der Waals surface area contributed by atoms with E-state index in [1.54, 1.807) is 0 Å². The number of hydrogen-bond acceptors (Lipinski definition) is 5. The van der Waals surface area contributed by atoms with E-state index in [-0.39, 0.29) is 43.2 Å². The maximum atomic E-state index is 13.3. The summed E-state index contributed by atoms with van der Waals surface area (Å²) in [5.41, 5.74) is 1.99. The zero-order chi connectivity index (χ0) is 26.1. The van der Waals surface area contributed by atoms with Crippen LogP contribution in [-0.2, 0) is 4.74 Å². The summed E-state index contributed by atoms with van der Waals surface area (Å²) < 4.78 is 6.21. The maximum Gasteiger partial charge on any atom is 0.404 e. The number of aliphatic hydroxyl groups is 1. The number of piperidine rings is 1. The lowest BCUT2D eigenvalue weighted by molar-refractivity contribution is -0.00941. The second-order valence-electron chi connectivity index (χ2n) is 10.0. The lowest BCUT2D eigenvalue weighted by atomic mass is 9.86. The van der Waals surface area contributed by atoms with Crippen LogP contribution in [0.15, 0.2) is 18.2 Å². The van der Waals surface area contributed by atoms with Gasteiger partial charge in [-0.3, -0.25) is 0 Å². The summed E-state index contributed by atoms with van der Waals surface area (Å²) in [5, 5.41) is 29.0. The number of nitrogens with zero attached hydrogens (tertiary/aromatic N) is 1. The molecule has 1 aromatic rings. The average molecular weight is 525 g/mol. The smallest absolute Gasteiger partial charge is 0.404 e. The van der Waals surface area contributed by atoms with Crippen molar-refractivity contribution >= 4 is 23.7 Å². The number of likely N-dealkylation sites (tertiary alicyclic amines) is 1. The first-order valence-corrected chi connectivity index (χ1v) is 13.4. The first kappa shape index (κ1) is 28.5. The molecule has 3 amide bonds. The number of carbonyl (C=O) groups is 2. The Labute approximate surface area is 218 Å². The van der Waals surface area contributed by atoms with E-state index in [0.29, 0.717) is 24.7 Å². The molecule has 2 fully saturated rings. The predicted octanol–water partition coefficient (Wildman–Crippen LogP) is 3.53. The van der Waals surface area contributed by atoms with Crippen LogP contribution in [0.1, 0.15) is 55.8 Å². The van der Waals surface area contributed by atoms with E-state index >= 15 is 0 Å². The van der Waals surface area contributed by atoms with Gasteiger partial charge in [0.25, 0.3) is 0 Å². The summed E-state index contributed by atoms with van der Waals surface area (Å²) in [6.07, 6.45) is 3.96. The Bertz CT molecular complexity index is 867. The number of halogens is 1. The van der Waals surface area contributed by atoms with E-state index in [1.807, 2.05) is 37.1 Å². The Balaban J connectivity index is 1.70. The van der Waals surface area contributed by atoms with Crippen LogP contribution in [0.2, 0.25) is 5.02 Å². The van der Waals surface area contributed by atoms with E-state index < -0.39 is 12.2 Å². The van der Waals surface area contributed by atoms with Gasteiger partial charge in [0.1, 0.15) is 0 Å². The molecule has 1 heterocycles. The quantitative estimate of drug-likeness (QED) is 0.282. The number of urea groups is 1. The summed E-state index contributed by atoms with van der Waals surface area (Å²) >= 11 is 6.30. The summed E-state index contributed by atoms with van der Waals surface area (Å²) in [7, 11) is 1.83. The third-order valence-electron chi connectivity index (χ3n) is 7.42. The van der Waals surface area contributed by atoms with Crippen LogP contribution < -0.4 is 16.0 Å². The molecule has 1 aliphatic heterocycles. The monoisotopic (exact) mass is 524 g/mol. The van der Waals surface area contributed by atoms with Crippen molar-refractivity contribution in [1.82, 2.24) is 20.9 Å². The fourth-order valence-electron chi connectivity index (χ4n) is 5.54. The van der Waals surface area contributed by atoms with Gasteiger partial charge in [0, 0.05) is 37.1 Å². The van der Waals surface area contributed by atoms with Crippen molar-refractivity contribution in [2.24, 2.45) is 11.8 Å². The Morgan fingerprint density at radius 2 is 1.92 bits per heavy atom. The summed E-state index contributed by atoms with van der Waals surface area (Å²) in [4.78, 5) is 26.0. The van der Waals surface area contributed by atoms with Gasteiger partial charge in [-0.15, -0.1) is 0 Å². The van der Waals surface area contributed by atoms with Crippen LogP contribution in [0.5, 0.6) is 0 Å². The highest BCUT2D eigenvalue weighted by atomic mass is 35.5. The zero-order valence-corrected chi connectivity index (χ0v) is 22.1.